The van der Waals surface area contributed by atoms with Gasteiger partial charge in [0.25, 0.3) is 0 Å². The Morgan fingerprint density at radius 3 is 2.45 bits per heavy atom. The summed E-state index contributed by atoms with van der Waals surface area (Å²) in [7, 11) is 0. The first kappa shape index (κ1) is 27.4. The third kappa shape index (κ3) is 9.48. The highest BCUT2D eigenvalue weighted by Gasteiger charge is 2.22. The Morgan fingerprint density at radius 2 is 1.88 bits per heavy atom. The van der Waals surface area contributed by atoms with Crippen molar-refractivity contribution in [2.45, 2.75) is 87.6 Å². The van der Waals surface area contributed by atoms with E-state index in [1.807, 2.05) is 0 Å². The fourth-order valence-corrected chi connectivity index (χ4v) is 4.75. The largest absolute Gasteiger partial charge is 0.366 e. The molecule has 0 atom stereocenters. The van der Waals surface area contributed by atoms with Crippen molar-refractivity contribution in [3.05, 3.63) is 45.4 Å². The van der Waals surface area contributed by atoms with Crippen molar-refractivity contribution < 1.29 is 4.79 Å². The molecule has 0 bridgehead atoms. The van der Waals surface area contributed by atoms with Crippen molar-refractivity contribution in [1.82, 2.24) is 9.88 Å². The lowest BCUT2D eigenvalue weighted by Crippen LogP contribution is -2.38. The minimum absolute atomic E-state index is 0.0123. The first-order valence-corrected chi connectivity index (χ1v) is 13.4. The molecule has 0 radical (unpaired) electrons. The van der Waals surface area contributed by atoms with Gasteiger partial charge in [-0.2, -0.15) is 0 Å². The number of hydrogen-bond donors (Lipinski definition) is 0. The van der Waals surface area contributed by atoms with E-state index in [0.717, 1.165) is 56.1 Å². The summed E-state index contributed by atoms with van der Waals surface area (Å²) >= 11 is 1.71. The Bertz CT molecular complexity index is 882. The smallest absolute Gasteiger partial charge is 0.223 e. The third-order valence-corrected chi connectivity index (χ3v) is 6.53. The Balaban J connectivity index is 2.16. The molecule has 2 aromatic rings. The van der Waals surface area contributed by atoms with Crippen LogP contribution in [0.4, 0.5) is 5.69 Å². The highest BCUT2D eigenvalue weighted by Crippen LogP contribution is 2.24. The minimum Gasteiger partial charge on any atom is -0.366 e. The Labute approximate surface area is 206 Å². The van der Waals surface area contributed by atoms with Crippen LogP contribution in [0.2, 0.25) is 0 Å². The van der Waals surface area contributed by atoms with Gasteiger partial charge in [-0.15, -0.1) is 11.3 Å². The zero-order valence-electron chi connectivity index (χ0n) is 22.2. The summed E-state index contributed by atoms with van der Waals surface area (Å²) in [5.74, 6) is 0.746. The van der Waals surface area contributed by atoms with Gasteiger partial charge in [0.05, 0.1) is 17.2 Å². The maximum Gasteiger partial charge on any atom is 0.223 e. The number of aryl methyl sites for hydroxylation is 3. The maximum absolute atomic E-state index is 13.0. The summed E-state index contributed by atoms with van der Waals surface area (Å²) in [6.07, 6.45) is 3.80. The molecule has 0 aliphatic heterocycles. The van der Waals surface area contributed by atoms with Gasteiger partial charge in [-0.05, 0) is 61.3 Å². The van der Waals surface area contributed by atoms with Gasteiger partial charge in [0.1, 0.15) is 0 Å². The van der Waals surface area contributed by atoms with Gasteiger partial charge in [-0.3, -0.25) is 4.79 Å². The van der Waals surface area contributed by atoms with Crippen LogP contribution in [0.1, 0.15) is 82.6 Å². The van der Waals surface area contributed by atoms with Crippen molar-refractivity contribution in [1.29, 1.82) is 0 Å². The first-order valence-electron chi connectivity index (χ1n) is 12.5. The van der Waals surface area contributed by atoms with Crippen molar-refractivity contribution in [2.75, 3.05) is 24.5 Å². The van der Waals surface area contributed by atoms with Crippen molar-refractivity contribution in [2.24, 2.45) is 11.3 Å². The topological polar surface area (TPSA) is 36.4 Å². The molecule has 0 aliphatic rings. The summed E-state index contributed by atoms with van der Waals surface area (Å²) in [6.45, 7) is 20.6. The predicted octanol–water partition coefficient (Wildman–Crippen LogP) is 7.03. The van der Waals surface area contributed by atoms with Gasteiger partial charge in [0.15, 0.2) is 0 Å². The van der Waals surface area contributed by atoms with E-state index in [1.54, 1.807) is 11.3 Å². The van der Waals surface area contributed by atoms with E-state index in [2.05, 4.69) is 88.8 Å². The van der Waals surface area contributed by atoms with E-state index in [-0.39, 0.29) is 11.3 Å². The molecule has 2 rings (SSSR count). The number of thiazole rings is 1. The van der Waals surface area contributed by atoms with Crippen molar-refractivity contribution >= 4 is 22.9 Å². The van der Waals surface area contributed by atoms with Gasteiger partial charge in [0.2, 0.25) is 5.91 Å². The molecule has 0 unspecified atom stereocenters. The second-order valence-corrected chi connectivity index (χ2v) is 12.0. The van der Waals surface area contributed by atoms with Gasteiger partial charge in [-0.1, -0.05) is 54.0 Å². The van der Waals surface area contributed by atoms with Crippen molar-refractivity contribution in [3.63, 3.8) is 0 Å². The number of aromatic nitrogens is 1. The molecule has 1 aromatic carbocycles. The van der Waals surface area contributed by atoms with Crippen LogP contribution in [0.15, 0.2) is 23.6 Å². The van der Waals surface area contributed by atoms with Crippen LogP contribution in [0.3, 0.4) is 0 Å². The van der Waals surface area contributed by atoms with Crippen molar-refractivity contribution in [3.8, 4) is 0 Å². The lowest BCUT2D eigenvalue weighted by Gasteiger charge is -2.30. The Morgan fingerprint density at radius 1 is 1.15 bits per heavy atom. The monoisotopic (exact) mass is 471 g/mol. The van der Waals surface area contributed by atoms with Crippen LogP contribution < -0.4 is 4.90 Å². The molecule has 0 fully saturated rings. The van der Waals surface area contributed by atoms with E-state index in [4.69, 9.17) is 4.98 Å². The summed E-state index contributed by atoms with van der Waals surface area (Å²) in [5.41, 5.74) is 5.18. The number of amides is 1. The average molecular weight is 472 g/mol. The molecule has 1 heterocycles. The Kier molecular flexibility index (Phi) is 10.4. The molecule has 4 nitrogen and oxygen atoms in total. The SMILES string of the molecule is CCCc1cc(N(CCCN(CC(C)C)C(=O)CC(C)(C)C)Cc2csc(C)n2)ccc1C. The van der Waals surface area contributed by atoms with E-state index in [1.165, 1.54) is 16.8 Å². The zero-order valence-corrected chi connectivity index (χ0v) is 23.0. The quantitative estimate of drug-likeness (QED) is 0.333. The molecule has 1 aromatic heterocycles. The van der Waals surface area contributed by atoms with Gasteiger partial charge >= 0.3 is 0 Å². The molecule has 0 spiro atoms. The summed E-state index contributed by atoms with van der Waals surface area (Å²) in [5, 5.41) is 3.28. The molecule has 5 heteroatoms. The average Bonchev–Trinajstić information content (AvgIpc) is 3.11. The van der Waals surface area contributed by atoms with Crippen LogP contribution in [0.5, 0.6) is 0 Å². The van der Waals surface area contributed by atoms with E-state index < -0.39 is 0 Å². The van der Waals surface area contributed by atoms with Crippen LogP contribution in [0, 0.1) is 25.2 Å². The molecule has 184 valence electrons. The summed E-state index contributed by atoms with van der Waals surface area (Å²) < 4.78 is 0. The van der Waals surface area contributed by atoms with Crippen LogP contribution in [-0.4, -0.2) is 35.4 Å². The normalized spacial score (nSPS) is 11.8. The number of nitrogens with zero attached hydrogens (tertiary/aromatic N) is 3. The Hall–Kier alpha value is -1.88. The van der Waals surface area contributed by atoms with Crippen LogP contribution in [-0.2, 0) is 17.8 Å². The highest BCUT2D eigenvalue weighted by molar-refractivity contribution is 7.09. The van der Waals surface area contributed by atoms with Gasteiger partial charge < -0.3 is 9.80 Å². The molecule has 0 N–H and O–H groups in total. The van der Waals surface area contributed by atoms with Crippen LogP contribution in [0.25, 0.3) is 0 Å². The number of rotatable bonds is 12. The van der Waals surface area contributed by atoms with Gasteiger partial charge in [0, 0.05) is 37.1 Å². The summed E-state index contributed by atoms with van der Waals surface area (Å²) in [6, 6.07) is 6.84. The molecule has 0 saturated carbocycles. The number of benzene rings is 1. The third-order valence-electron chi connectivity index (χ3n) is 5.71. The molecule has 0 saturated heterocycles. The number of carbonyl (C=O) groups excluding carboxylic acids is 1. The zero-order chi connectivity index (χ0) is 24.6. The first-order chi connectivity index (χ1) is 15.5. The second kappa shape index (κ2) is 12.5. The maximum atomic E-state index is 13.0. The van der Waals surface area contributed by atoms with E-state index in [9.17, 15) is 4.79 Å². The number of carbonyl (C=O) groups is 1. The fraction of sp³-hybridized carbons (Fsp3) is 0.643. The number of anilines is 1. The molecular weight excluding hydrogens is 426 g/mol. The predicted molar refractivity (Wildman–Crippen MR) is 143 cm³/mol. The highest BCUT2D eigenvalue weighted by atomic mass is 32.1. The van der Waals surface area contributed by atoms with E-state index >= 15 is 0 Å². The lowest BCUT2D eigenvalue weighted by molar-refractivity contribution is -0.133. The van der Waals surface area contributed by atoms with Crippen LogP contribution >= 0.6 is 11.3 Å². The number of hydrogen-bond acceptors (Lipinski definition) is 4. The molecule has 0 aliphatic carbocycles. The lowest BCUT2D eigenvalue weighted by atomic mass is 9.91. The standard InChI is InChI=1S/C28H45N3OS/c1-9-11-24-16-26(13-12-22(24)4)30(19-25-20-33-23(5)29-25)14-10-15-31(18-21(2)3)27(32)17-28(6,7)8/h12-13,16,20-21H,9-11,14-15,17-19H2,1-8H3. The molecule has 1 amide bonds. The van der Waals surface area contributed by atoms with E-state index in [0.29, 0.717) is 12.3 Å². The van der Waals surface area contributed by atoms with Gasteiger partial charge in [-0.25, -0.2) is 4.98 Å². The molecule has 33 heavy (non-hydrogen) atoms. The second-order valence-electron chi connectivity index (χ2n) is 11.0. The minimum atomic E-state index is 0.0123. The fourth-order valence-electron chi connectivity index (χ4n) is 4.15. The summed E-state index contributed by atoms with van der Waals surface area (Å²) in [4.78, 5) is 22.2. The molecular formula is C28H45N3OS.